The van der Waals surface area contributed by atoms with Crippen LogP contribution in [0, 0.1) is 0 Å². The third-order valence-corrected chi connectivity index (χ3v) is 3.11. The van der Waals surface area contributed by atoms with Gasteiger partial charge in [0.2, 0.25) is 5.13 Å². The SMILES string of the molecule is CC(O)CC(C)Nc1nc(C2CC2)ns1. The number of aliphatic hydroxyl groups is 1. The Labute approximate surface area is 93.9 Å². The summed E-state index contributed by atoms with van der Waals surface area (Å²) in [5, 5.41) is 13.4. The number of hydrogen-bond donors (Lipinski definition) is 2. The van der Waals surface area contributed by atoms with Crippen molar-refractivity contribution in [2.24, 2.45) is 0 Å². The van der Waals surface area contributed by atoms with E-state index in [9.17, 15) is 5.11 Å². The van der Waals surface area contributed by atoms with Crippen LogP contribution in [0.1, 0.15) is 44.9 Å². The van der Waals surface area contributed by atoms with Crippen molar-refractivity contribution in [1.29, 1.82) is 0 Å². The largest absolute Gasteiger partial charge is 0.393 e. The predicted octanol–water partition coefficient (Wildman–Crippen LogP) is 1.99. The van der Waals surface area contributed by atoms with Crippen molar-refractivity contribution in [1.82, 2.24) is 9.36 Å². The molecule has 1 saturated carbocycles. The number of nitrogens with zero attached hydrogens (tertiary/aromatic N) is 2. The van der Waals surface area contributed by atoms with Crippen LogP contribution < -0.4 is 5.32 Å². The molecule has 0 bridgehead atoms. The van der Waals surface area contributed by atoms with Crippen LogP contribution in [-0.2, 0) is 0 Å². The summed E-state index contributed by atoms with van der Waals surface area (Å²) in [5.74, 6) is 1.61. The van der Waals surface area contributed by atoms with Crippen LogP contribution in [0.25, 0.3) is 0 Å². The Morgan fingerprint density at radius 1 is 1.53 bits per heavy atom. The van der Waals surface area contributed by atoms with Gasteiger partial charge in [-0.15, -0.1) is 0 Å². The molecule has 0 spiro atoms. The van der Waals surface area contributed by atoms with Crippen LogP contribution in [-0.4, -0.2) is 26.6 Å². The molecule has 4 nitrogen and oxygen atoms in total. The van der Waals surface area contributed by atoms with Gasteiger partial charge in [-0.3, -0.25) is 0 Å². The average Bonchev–Trinajstić information content (AvgIpc) is 2.87. The van der Waals surface area contributed by atoms with Gasteiger partial charge in [-0.05, 0) is 33.1 Å². The molecule has 15 heavy (non-hydrogen) atoms. The average molecular weight is 227 g/mol. The van der Waals surface area contributed by atoms with Crippen LogP contribution in [0.2, 0.25) is 0 Å². The number of aliphatic hydroxyl groups excluding tert-OH is 1. The summed E-state index contributed by atoms with van der Waals surface area (Å²) in [6, 6.07) is 0.241. The monoisotopic (exact) mass is 227 g/mol. The Balaban J connectivity index is 1.86. The molecule has 0 radical (unpaired) electrons. The van der Waals surface area contributed by atoms with Crippen LogP contribution in [0.5, 0.6) is 0 Å². The van der Waals surface area contributed by atoms with Crippen molar-refractivity contribution in [3.8, 4) is 0 Å². The lowest BCUT2D eigenvalue weighted by Gasteiger charge is -2.13. The van der Waals surface area contributed by atoms with E-state index in [2.05, 4.69) is 14.7 Å². The Hall–Kier alpha value is -0.680. The second kappa shape index (κ2) is 4.45. The van der Waals surface area contributed by atoms with Crippen LogP contribution in [0.15, 0.2) is 0 Å². The number of hydrogen-bond acceptors (Lipinski definition) is 5. The van der Waals surface area contributed by atoms with Crippen molar-refractivity contribution in [3.05, 3.63) is 5.82 Å². The summed E-state index contributed by atoms with van der Waals surface area (Å²) in [4.78, 5) is 4.43. The van der Waals surface area contributed by atoms with Gasteiger partial charge in [0, 0.05) is 23.5 Å². The molecule has 2 atom stereocenters. The van der Waals surface area contributed by atoms with Crippen LogP contribution in [0.3, 0.4) is 0 Å². The molecule has 84 valence electrons. The topological polar surface area (TPSA) is 58.0 Å². The van der Waals surface area contributed by atoms with Gasteiger partial charge in [0.25, 0.3) is 0 Å². The molecule has 5 heteroatoms. The van der Waals surface area contributed by atoms with Crippen molar-refractivity contribution < 1.29 is 5.11 Å². The first-order valence-electron chi connectivity index (χ1n) is 5.43. The first kappa shape index (κ1) is 10.8. The zero-order valence-corrected chi connectivity index (χ0v) is 9.92. The van der Waals surface area contributed by atoms with E-state index in [1.165, 1.54) is 24.4 Å². The molecular weight excluding hydrogens is 210 g/mol. The molecule has 2 unspecified atom stereocenters. The minimum Gasteiger partial charge on any atom is -0.393 e. The van der Waals surface area contributed by atoms with Crippen molar-refractivity contribution in [3.63, 3.8) is 0 Å². The van der Waals surface area contributed by atoms with E-state index in [0.29, 0.717) is 5.92 Å². The molecule has 1 aliphatic rings. The number of aromatic nitrogens is 2. The highest BCUT2D eigenvalue weighted by molar-refractivity contribution is 7.09. The summed E-state index contributed by atoms with van der Waals surface area (Å²) in [6.07, 6.45) is 2.93. The number of rotatable bonds is 5. The first-order valence-corrected chi connectivity index (χ1v) is 6.20. The fraction of sp³-hybridized carbons (Fsp3) is 0.800. The lowest BCUT2D eigenvalue weighted by Crippen LogP contribution is -2.20. The van der Waals surface area contributed by atoms with Crippen LogP contribution >= 0.6 is 11.5 Å². The molecule has 0 aromatic carbocycles. The van der Waals surface area contributed by atoms with Gasteiger partial charge in [0.05, 0.1) is 6.10 Å². The maximum Gasteiger partial charge on any atom is 0.202 e. The molecule has 1 fully saturated rings. The quantitative estimate of drug-likeness (QED) is 0.807. The van der Waals surface area contributed by atoms with Crippen molar-refractivity contribution >= 4 is 16.7 Å². The Bertz CT molecular complexity index is 322. The predicted molar refractivity (Wildman–Crippen MR) is 61.3 cm³/mol. The van der Waals surface area contributed by atoms with Gasteiger partial charge >= 0.3 is 0 Å². The highest BCUT2D eigenvalue weighted by atomic mass is 32.1. The zero-order chi connectivity index (χ0) is 10.8. The van der Waals surface area contributed by atoms with E-state index in [0.717, 1.165) is 17.4 Å². The van der Waals surface area contributed by atoms with E-state index >= 15 is 0 Å². The molecule has 0 saturated heterocycles. The summed E-state index contributed by atoms with van der Waals surface area (Å²) >= 11 is 1.42. The van der Waals surface area contributed by atoms with Gasteiger partial charge in [0.15, 0.2) is 0 Å². The molecule has 2 N–H and O–H groups in total. The lowest BCUT2D eigenvalue weighted by molar-refractivity contribution is 0.179. The highest BCUT2D eigenvalue weighted by Gasteiger charge is 2.27. The van der Waals surface area contributed by atoms with E-state index in [1.807, 2.05) is 6.92 Å². The van der Waals surface area contributed by atoms with Crippen LogP contribution in [0.4, 0.5) is 5.13 Å². The summed E-state index contributed by atoms with van der Waals surface area (Å²) in [7, 11) is 0. The Kier molecular flexibility index (Phi) is 3.21. The van der Waals surface area contributed by atoms with E-state index in [1.54, 1.807) is 6.92 Å². The number of anilines is 1. The third-order valence-electron chi connectivity index (χ3n) is 2.45. The van der Waals surface area contributed by atoms with Gasteiger partial charge in [-0.25, -0.2) is 4.98 Å². The maximum absolute atomic E-state index is 9.23. The Morgan fingerprint density at radius 3 is 2.87 bits per heavy atom. The normalized spacial score (nSPS) is 19.9. The molecule has 2 rings (SSSR count). The molecule has 0 amide bonds. The standard InChI is InChI=1S/C10H17N3OS/c1-6(5-7(2)14)11-10-12-9(13-15-10)8-3-4-8/h6-8,14H,3-5H2,1-2H3,(H,11,12,13). The maximum atomic E-state index is 9.23. The molecule has 1 aromatic rings. The summed E-state index contributed by atoms with van der Waals surface area (Å²) < 4.78 is 4.32. The molecular formula is C10H17N3OS. The zero-order valence-electron chi connectivity index (χ0n) is 9.10. The molecule has 0 aliphatic heterocycles. The second-order valence-corrected chi connectivity index (χ2v) is 5.11. The molecule has 1 aliphatic carbocycles. The van der Waals surface area contributed by atoms with Crippen molar-refractivity contribution in [2.45, 2.75) is 51.2 Å². The fourth-order valence-corrected chi connectivity index (χ4v) is 2.34. The second-order valence-electron chi connectivity index (χ2n) is 4.36. The molecule has 1 heterocycles. The minimum absolute atomic E-state index is 0.241. The van der Waals surface area contributed by atoms with E-state index in [-0.39, 0.29) is 12.1 Å². The fourth-order valence-electron chi connectivity index (χ4n) is 1.58. The van der Waals surface area contributed by atoms with Crippen molar-refractivity contribution in [2.75, 3.05) is 5.32 Å². The first-order chi connectivity index (χ1) is 7.15. The lowest BCUT2D eigenvalue weighted by atomic mass is 10.2. The van der Waals surface area contributed by atoms with E-state index < -0.39 is 0 Å². The third kappa shape index (κ3) is 3.14. The highest BCUT2D eigenvalue weighted by Crippen LogP contribution is 2.39. The van der Waals surface area contributed by atoms with Gasteiger partial charge in [-0.1, -0.05) is 0 Å². The van der Waals surface area contributed by atoms with Gasteiger partial charge in [-0.2, -0.15) is 4.37 Å². The summed E-state index contributed by atoms with van der Waals surface area (Å²) in [6.45, 7) is 3.85. The number of nitrogens with one attached hydrogen (secondary N) is 1. The van der Waals surface area contributed by atoms with E-state index in [4.69, 9.17) is 0 Å². The summed E-state index contributed by atoms with van der Waals surface area (Å²) in [5.41, 5.74) is 0. The Morgan fingerprint density at radius 2 is 2.27 bits per heavy atom. The molecule has 1 aromatic heterocycles. The minimum atomic E-state index is -0.275. The van der Waals surface area contributed by atoms with Gasteiger partial charge < -0.3 is 10.4 Å². The smallest absolute Gasteiger partial charge is 0.202 e. The van der Waals surface area contributed by atoms with Gasteiger partial charge in [0.1, 0.15) is 5.82 Å².